The van der Waals surface area contributed by atoms with Gasteiger partial charge in [-0.15, -0.1) is 0 Å². The van der Waals surface area contributed by atoms with E-state index in [9.17, 15) is 15.0 Å². The minimum atomic E-state index is -1.22. The van der Waals surface area contributed by atoms with Gasteiger partial charge in [0.25, 0.3) is 0 Å². The third kappa shape index (κ3) is 11.8. The Bertz CT molecular complexity index is 772. The van der Waals surface area contributed by atoms with Crippen LogP contribution in [0.4, 0.5) is 0 Å². The lowest BCUT2D eigenvalue weighted by molar-refractivity contribution is -0.144. The van der Waals surface area contributed by atoms with Gasteiger partial charge in [0.15, 0.2) is 6.29 Å². The van der Waals surface area contributed by atoms with E-state index in [4.69, 9.17) is 14.2 Å². The Balaban J connectivity index is 1.34. The van der Waals surface area contributed by atoms with E-state index in [1.165, 1.54) is 77.0 Å². The maximum Gasteiger partial charge on any atom is 0.333 e. The standard InChI is InChI=1S/C35H60O6/c1-5-6-7-8-27-9-13-29(14-10-27)30-17-19-33(20-18-30)39-22-28-11-15-31(16-12-28)32(23-40-34(37)25(2)3)24-41-35(38)26(4)21-36/h27-33,35-36,38H,2,4-24H2,1,3H3. The number of hydrogen-bond acceptors (Lipinski definition) is 6. The molecule has 0 aliphatic heterocycles. The summed E-state index contributed by atoms with van der Waals surface area (Å²) in [5.74, 6) is 3.38. The van der Waals surface area contributed by atoms with Crippen LogP contribution in [0.15, 0.2) is 24.3 Å². The third-order valence-corrected chi connectivity index (χ3v) is 10.4. The Hall–Kier alpha value is -1.21. The molecule has 3 aliphatic carbocycles. The third-order valence-electron chi connectivity index (χ3n) is 10.4. The molecule has 0 radical (unpaired) electrons. The largest absolute Gasteiger partial charge is 0.462 e. The SMILES string of the molecule is C=C(C)C(=O)OCC(COC(O)C(=C)CO)C1CCC(COC2CCC(C3CCC(CCCCC)CC3)CC2)CC1. The summed E-state index contributed by atoms with van der Waals surface area (Å²) in [7, 11) is 0. The normalized spacial score (nSPS) is 30.3. The Morgan fingerprint density at radius 3 is 2.05 bits per heavy atom. The van der Waals surface area contributed by atoms with Crippen molar-refractivity contribution in [3.63, 3.8) is 0 Å². The molecule has 3 aliphatic rings. The van der Waals surface area contributed by atoms with Crippen molar-refractivity contribution < 1.29 is 29.2 Å². The Kier molecular flexibility index (Phi) is 15.4. The number of hydrogen-bond donors (Lipinski definition) is 2. The second kappa shape index (κ2) is 18.5. The first-order valence-electron chi connectivity index (χ1n) is 16.8. The Morgan fingerprint density at radius 1 is 0.854 bits per heavy atom. The van der Waals surface area contributed by atoms with Crippen LogP contribution >= 0.6 is 0 Å². The van der Waals surface area contributed by atoms with E-state index in [2.05, 4.69) is 20.1 Å². The minimum Gasteiger partial charge on any atom is -0.462 e. The summed E-state index contributed by atoms with van der Waals surface area (Å²) in [5.41, 5.74) is 0.598. The molecule has 3 rings (SSSR count). The first-order valence-corrected chi connectivity index (χ1v) is 16.8. The lowest BCUT2D eigenvalue weighted by Crippen LogP contribution is -2.33. The van der Waals surface area contributed by atoms with E-state index in [0.717, 1.165) is 50.0 Å². The van der Waals surface area contributed by atoms with E-state index in [1.54, 1.807) is 6.92 Å². The number of carbonyl (C=O) groups is 1. The molecule has 2 N–H and O–H groups in total. The van der Waals surface area contributed by atoms with Crippen LogP contribution in [0, 0.1) is 35.5 Å². The van der Waals surface area contributed by atoms with Gasteiger partial charge in [-0.25, -0.2) is 4.79 Å². The first kappa shape index (κ1) is 34.3. The molecule has 0 aromatic heterocycles. The molecule has 6 nitrogen and oxygen atoms in total. The molecular weight excluding hydrogens is 516 g/mol. The van der Waals surface area contributed by atoms with Crippen molar-refractivity contribution in [3.05, 3.63) is 24.3 Å². The average Bonchev–Trinajstić information content (AvgIpc) is 3.00. The fourth-order valence-corrected chi connectivity index (χ4v) is 7.49. The fourth-order valence-electron chi connectivity index (χ4n) is 7.49. The zero-order chi connectivity index (χ0) is 29.6. The minimum absolute atomic E-state index is 0.0250. The quantitative estimate of drug-likeness (QED) is 0.0618. The summed E-state index contributed by atoms with van der Waals surface area (Å²) in [6, 6.07) is 0. The second-order valence-electron chi connectivity index (χ2n) is 13.6. The number of rotatable bonds is 17. The fraction of sp³-hybridized carbons (Fsp3) is 0.857. The van der Waals surface area contributed by atoms with Crippen molar-refractivity contribution in [3.8, 4) is 0 Å². The lowest BCUT2D eigenvalue weighted by atomic mass is 9.70. The molecule has 0 amide bonds. The van der Waals surface area contributed by atoms with E-state index in [1.807, 2.05) is 0 Å². The molecule has 0 heterocycles. The van der Waals surface area contributed by atoms with Gasteiger partial charge >= 0.3 is 5.97 Å². The van der Waals surface area contributed by atoms with Crippen LogP contribution in [0.3, 0.4) is 0 Å². The van der Waals surface area contributed by atoms with Crippen molar-refractivity contribution in [2.24, 2.45) is 35.5 Å². The molecule has 3 saturated carbocycles. The molecule has 6 heteroatoms. The molecule has 0 aromatic carbocycles. The molecule has 41 heavy (non-hydrogen) atoms. The molecule has 0 spiro atoms. The number of ether oxygens (including phenoxy) is 3. The van der Waals surface area contributed by atoms with Gasteiger partial charge in [0.1, 0.15) is 0 Å². The molecule has 2 atom stereocenters. The van der Waals surface area contributed by atoms with Crippen LogP contribution in [0.2, 0.25) is 0 Å². The monoisotopic (exact) mass is 576 g/mol. The highest BCUT2D eigenvalue weighted by Gasteiger charge is 2.33. The number of carbonyl (C=O) groups excluding carboxylic acids is 1. The summed E-state index contributed by atoms with van der Waals surface area (Å²) >= 11 is 0. The van der Waals surface area contributed by atoms with Crippen molar-refractivity contribution in [2.45, 2.75) is 129 Å². The van der Waals surface area contributed by atoms with E-state index < -0.39 is 12.3 Å². The van der Waals surface area contributed by atoms with Gasteiger partial charge in [0, 0.05) is 23.7 Å². The van der Waals surface area contributed by atoms with Crippen LogP contribution in [0.1, 0.15) is 117 Å². The Labute approximate surface area is 250 Å². The van der Waals surface area contributed by atoms with E-state index in [0.29, 0.717) is 23.5 Å². The van der Waals surface area contributed by atoms with Gasteiger partial charge in [0.05, 0.1) is 25.9 Å². The van der Waals surface area contributed by atoms with Gasteiger partial charge in [-0.2, -0.15) is 0 Å². The molecule has 236 valence electrons. The van der Waals surface area contributed by atoms with Crippen LogP contribution in [-0.4, -0.2) is 55.0 Å². The Morgan fingerprint density at radius 2 is 1.46 bits per heavy atom. The van der Waals surface area contributed by atoms with Gasteiger partial charge in [-0.05, 0) is 101 Å². The predicted octanol–water partition coefficient (Wildman–Crippen LogP) is 7.37. The molecule has 3 fully saturated rings. The zero-order valence-corrected chi connectivity index (χ0v) is 26.2. The predicted molar refractivity (Wildman–Crippen MR) is 164 cm³/mol. The summed E-state index contributed by atoms with van der Waals surface area (Å²) in [4.78, 5) is 12.0. The van der Waals surface area contributed by atoms with Gasteiger partial charge in [0.2, 0.25) is 0 Å². The molecule has 0 saturated heterocycles. The highest BCUT2D eigenvalue weighted by Crippen LogP contribution is 2.42. The van der Waals surface area contributed by atoms with Gasteiger partial charge in [-0.3, -0.25) is 0 Å². The molecule has 0 bridgehead atoms. The van der Waals surface area contributed by atoms with Crippen LogP contribution < -0.4 is 0 Å². The number of aliphatic hydroxyl groups excluding tert-OH is 2. The van der Waals surface area contributed by atoms with Crippen molar-refractivity contribution in [2.75, 3.05) is 26.4 Å². The topological polar surface area (TPSA) is 85.2 Å². The van der Waals surface area contributed by atoms with E-state index in [-0.39, 0.29) is 31.3 Å². The smallest absolute Gasteiger partial charge is 0.333 e. The van der Waals surface area contributed by atoms with Crippen molar-refractivity contribution >= 4 is 5.97 Å². The number of aliphatic hydroxyl groups is 2. The highest BCUT2D eigenvalue weighted by molar-refractivity contribution is 5.86. The van der Waals surface area contributed by atoms with Crippen molar-refractivity contribution in [1.29, 1.82) is 0 Å². The molecule has 0 aromatic rings. The van der Waals surface area contributed by atoms with Gasteiger partial charge < -0.3 is 24.4 Å². The maximum absolute atomic E-state index is 12.0. The highest BCUT2D eigenvalue weighted by atomic mass is 16.6. The first-order chi connectivity index (χ1) is 19.8. The van der Waals surface area contributed by atoms with Crippen LogP contribution in [-0.2, 0) is 19.0 Å². The van der Waals surface area contributed by atoms with Gasteiger partial charge in [-0.1, -0.05) is 58.6 Å². The number of esters is 1. The zero-order valence-electron chi connectivity index (χ0n) is 26.2. The maximum atomic E-state index is 12.0. The molecule has 2 unspecified atom stereocenters. The summed E-state index contributed by atoms with van der Waals surface area (Å²) < 4.78 is 17.5. The van der Waals surface area contributed by atoms with Crippen LogP contribution in [0.25, 0.3) is 0 Å². The van der Waals surface area contributed by atoms with Crippen LogP contribution in [0.5, 0.6) is 0 Å². The summed E-state index contributed by atoms with van der Waals surface area (Å²) in [6.07, 6.45) is 20.1. The average molecular weight is 577 g/mol. The second-order valence-corrected chi connectivity index (χ2v) is 13.6. The summed E-state index contributed by atoms with van der Waals surface area (Å²) in [5, 5.41) is 19.3. The van der Waals surface area contributed by atoms with E-state index >= 15 is 0 Å². The van der Waals surface area contributed by atoms with Crippen molar-refractivity contribution in [1.82, 2.24) is 0 Å². The molecular formula is C35H60O6. The lowest BCUT2D eigenvalue weighted by Gasteiger charge is -2.38. The number of unbranched alkanes of at least 4 members (excludes halogenated alkanes) is 2. The summed E-state index contributed by atoms with van der Waals surface area (Å²) in [6.45, 7) is 12.3.